The molecule has 0 unspecified atom stereocenters. The molecule has 2 aliphatic rings. The van der Waals surface area contributed by atoms with Crippen LogP contribution in [0.4, 0.5) is 0 Å². The first kappa shape index (κ1) is 11.4. The van der Waals surface area contributed by atoms with E-state index in [1.54, 1.807) is 0 Å². The van der Waals surface area contributed by atoms with E-state index in [4.69, 9.17) is 9.47 Å². The molecule has 1 aromatic carbocycles. The van der Waals surface area contributed by atoms with Crippen molar-refractivity contribution in [2.45, 2.75) is 31.8 Å². The highest BCUT2D eigenvalue weighted by atomic mass is 79.9. The van der Waals surface area contributed by atoms with Crippen LogP contribution < -0.4 is 9.47 Å². The molecule has 0 spiro atoms. The number of hydrogen-bond donors (Lipinski definition) is 1. The first-order valence-corrected chi connectivity index (χ1v) is 6.85. The Morgan fingerprint density at radius 3 is 2.94 bits per heavy atom. The zero-order valence-corrected chi connectivity index (χ0v) is 11.1. The van der Waals surface area contributed by atoms with Crippen molar-refractivity contribution in [2.24, 2.45) is 0 Å². The van der Waals surface area contributed by atoms with Gasteiger partial charge < -0.3 is 14.6 Å². The topological polar surface area (TPSA) is 38.7 Å². The van der Waals surface area contributed by atoms with Crippen LogP contribution >= 0.6 is 15.9 Å². The van der Waals surface area contributed by atoms with Crippen LogP contribution in [-0.2, 0) is 6.42 Å². The minimum absolute atomic E-state index is 0.430. The summed E-state index contributed by atoms with van der Waals surface area (Å²) in [5, 5.41) is 10.3. The normalized spacial score (nSPS) is 22.8. The largest absolute Gasteiger partial charge is 0.486 e. The Kier molecular flexibility index (Phi) is 3.01. The molecule has 3 rings (SSSR count). The standard InChI is InChI=1S/C13H15BrO3/c14-9-7-11-13(17-6-5-16-11)12-8(9)3-1-2-4-10(12)15/h7,10,15H,1-6H2/t10-/m1/s1. The molecule has 1 heterocycles. The summed E-state index contributed by atoms with van der Waals surface area (Å²) in [5.41, 5.74) is 2.12. The summed E-state index contributed by atoms with van der Waals surface area (Å²) in [4.78, 5) is 0. The van der Waals surface area contributed by atoms with Gasteiger partial charge >= 0.3 is 0 Å². The molecule has 0 bridgehead atoms. The van der Waals surface area contributed by atoms with E-state index in [1.807, 2.05) is 6.07 Å². The van der Waals surface area contributed by atoms with E-state index in [0.717, 1.165) is 47.2 Å². The fraction of sp³-hybridized carbons (Fsp3) is 0.538. The first-order chi connectivity index (χ1) is 8.27. The highest BCUT2D eigenvalue weighted by Crippen LogP contribution is 2.45. The number of halogens is 1. The second kappa shape index (κ2) is 4.50. The van der Waals surface area contributed by atoms with Gasteiger partial charge in [0.1, 0.15) is 13.2 Å². The minimum atomic E-state index is -0.430. The van der Waals surface area contributed by atoms with E-state index in [2.05, 4.69) is 15.9 Å². The SMILES string of the molecule is O[C@@H]1CCCCc2c(Br)cc3c(c21)OCCO3. The van der Waals surface area contributed by atoms with Gasteiger partial charge in [-0.15, -0.1) is 0 Å². The molecule has 0 amide bonds. The second-order valence-electron chi connectivity index (χ2n) is 4.54. The van der Waals surface area contributed by atoms with E-state index < -0.39 is 6.10 Å². The van der Waals surface area contributed by atoms with Crippen molar-refractivity contribution in [3.05, 3.63) is 21.7 Å². The summed E-state index contributed by atoms with van der Waals surface area (Å²) in [6.45, 7) is 1.14. The average molecular weight is 299 g/mol. The van der Waals surface area contributed by atoms with Crippen LogP contribution in [0.3, 0.4) is 0 Å². The van der Waals surface area contributed by atoms with Gasteiger partial charge in [0.15, 0.2) is 11.5 Å². The van der Waals surface area contributed by atoms with Gasteiger partial charge in [-0.25, -0.2) is 0 Å². The zero-order valence-electron chi connectivity index (χ0n) is 9.54. The van der Waals surface area contributed by atoms with Crippen molar-refractivity contribution < 1.29 is 14.6 Å². The maximum atomic E-state index is 10.3. The van der Waals surface area contributed by atoms with Gasteiger partial charge in [0.2, 0.25) is 0 Å². The van der Waals surface area contributed by atoms with Crippen molar-refractivity contribution in [2.75, 3.05) is 13.2 Å². The highest BCUT2D eigenvalue weighted by molar-refractivity contribution is 9.10. The van der Waals surface area contributed by atoms with Gasteiger partial charge in [-0.1, -0.05) is 22.4 Å². The van der Waals surface area contributed by atoms with Gasteiger partial charge in [0.05, 0.1) is 6.10 Å². The van der Waals surface area contributed by atoms with Crippen molar-refractivity contribution in [1.29, 1.82) is 0 Å². The van der Waals surface area contributed by atoms with E-state index in [1.165, 1.54) is 5.56 Å². The van der Waals surface area contributed by atoms with Crippen LogP contribution in [0.15, 0.2) is 10.5 Å². The van der Waals surface area contributed by atoms with Crippen LogP contribution in [-0.4, -0.2) is 18.3 Å². The molecule has 1 aliphatic heterocycles. The summed E-state index contributed by atoms with van der Waals surface area (Å²) in [6, 6.07) is 1.96. The first-order valence-electron chi connectivity index (χ1n) is 6.06. The molecular weight excluding hydrogens is 284 g/mol. The number of rotatable bonds is 0. The Balaban J connectivity index is 2.19. The molecule has 0 saturated carbocycles. The summed E-state index contributed by atoms with van der Waals surface area (Å²) in [5.74, 6) is 1.51. The van der Waals surface area contributed by atoms with Crippen LogP contribution in [0.5, 0.6) is 11.5 Å². The van der Waals surface area contributed by atoms with Gasteiger partial charge in [0.25, 0.3) is 0 Å². The molecule has 1 N–H and O–H groups in total. The number of aliphatic hydroxyl groups excluding tert-OH is 1. The molecule has 3 nitrogen and oxygen atoms in total. The third kappa shape index (κ3) is 1.93. The molecule has 1 aromatic rings. The van der Waals surface area contributed by atoms with Crippen LogP contribution in [0, 0.1) is 0 Å². The summed E-state index contributed by atoms with van der Waals surface area (Å²) >= 11 is 3.58. The lowest BCUT2D eigenvalue weighted by atomic mass is 9.99. The summed E-state index contributed by atoms with van der Waals surface area (Å²) in [7, 11) is 0. The lowest BCUT2D eigenvalue weighted by molar-refractivity contribution is 0.140. The second-order valence-corrected chi connectivity index (χ2v) is 5.39. The Hall–Kier alpha value is -0.740. The van der Waals surface area contributed by atoms with Crippen LogP contribution in [0.1, 0.15) is 36.5 Å². The van der Waals surface area contributed by atoms with E-state index in [0.29, 0.717) is 13.2 Å². The molecule has 0 fully saturated rings. The molecule has 0 saturated heterocycles. The van der Waals surface area contributed by atoms with Crippen molar-refractivity contribution in [3.8, 4) is 11.5 Å². The Morgan fingerprint density at radius 2 is 2.06 bits per heavy atom. The monoisotopic (exact) mass is 298 g/mol. The number of benzene rings is 1. The van der Waals surface area contributed by atoms with Gasteiger partial charge in [-0.2, -0.15) is 0 Å². The lowest BCUT2D eigenvalue weighted by Crippen LogP contribution is -2.18. The van der Waals surface area contributed by atoms with Gasteiger partial charge in [0, 0.05) is 10.0 Å². The number of hydrogen-bond acceptors (Lipinski definition) is 3. The Morgan fingerprint density at radius 1 is 1.24 bits per heavy atom. The number of ether oxygens (including phenoxy) is 2. The predicted octanol–water partition coefficient (Wildman–Crippen LogP) is 2.98. The van der Waals surface area contributed by atoms with Crippen molar-refractivity contribution >= 4 is 15.9 Å². The van der Waals surface area contributed by atoms with Crippen molar-refractivity contribution in [3.63, 3.8) is 0 Å². The van der Waals surface area contributed by atoms with Gasteiger partial charge in [-0.05, 0) is 30.9 Å². The molecular formula is C13H15BrO3. The maximum absolute atomic E-state index is 10.3. The smallest absolute Gasteiger partial charge is 0.167 e. The fourth-order valence-electron chi connectivity index (χ4n) is 2.61. The maximum Gasteiger partial charge on any atom is 0.167 e. The number of fused-ring (bicyclic) bond motifs is 3. The minimum Gasteiger partial charge on any atom is -0.486 e. The van der Waals surface area contributed by atoms with Crippen LogP contribution in [0.2, 0.25) is 0 Å². The number of aliphatic hydroxyl groups is 1. The summed E-state index contributed by atoms with van der Waals surface area (Å²) < 4.78 is 12.3. The molecule has 17 heavy (non-hydrogen) atoms. The van der Waals surface area contributed by atoms with Crippen molar-refractivity contribution in [1.82, 2.24) is 0 Å². The van der Waals surface area contributed by atoms with E-state index in [-0.39, 0.29) is 0 Å². The van der Waals surface area contributed by atoms with Gasteiger partial charge in [-0.3, -0.25) is 0 Å². The Labute approximate surface area is 109 Å². The zero-order chi connectivity index (χ0) is 11.8. The molecule has 92 valence electrons. The third-order valence-electron chi connectivity index (χ3n) is 3.41. The predicted molar refractivity (Wildman–Crippen MR) is 67.6 cm³/mol. The molecule has 4 heteroatoms. The average Bonchev–Trinajstić information content (AvgIpc) is 2.52. The highest BCUT2D eigenvalue weighted by Gasteiger charge is 2.27. The molecule has 1 aliphatic carbocycles. The Bertz CT molecular complexity index is 445. The summed E-state index contributed by atoms with van der Waals surface area (Å²) in [6.07, 6.45) is 3.53. The molecule has 0 aromatic heterocycles. The molecule has 1 atom stereocenters. The molecule has 0 radical (unpaired) electrons. The quantitative estimate of drug-likeness (QED) is 0.749. The third-order valence-corrected chi connectivity index (χ3v) is 4.12. The lowest BCUT2D eigenvalue weighted by Gasteiger charge is -2.25. The van der Waals surface area contributed by atoms with E-state index in [9.17, 15) is 5.11 Å². The van der Waals surface area contributed by atoms with E-state index >= 15 is 0 Å². The van der Waals surface area contributed by atoms with Crippen LogP contribution in [0.25, 0.3) is 0 Å². The fourth-order valence-corrected chi connectivity index (χ4v) is 3.23.